The summed E-state index contributed by atoms with van der Waals surface area (Å²) in [7, 11) is 3.52. The number of aromatic nitrogens is 2. The molecule has 0 bridgehead atoms. The summed E-state index contributed by atoms with van der Waals surface area (Å²) in [5.74, 6) is -0.236. The lowest BCUT2D eigenvalue weighted by Crippen LogP contribution is -2.25. The molecule has 1 aliphatic heterocycles. The fourth-order valence-corrected chi connectivity index (χ4v) is 3.41. The van der Waals surface area contributed by atoms with E-state index < -0.39 is 0 Å². The number of fused-ring (bicyclic) bond motifs is 1. The molecule has 138 valence electrons. The number of para-hydroxylation sites is 1. The Morgan fingerprint density at radius 1 is 1.11 bits per heavy atom. The SMILES string of the molecule is CN(C)C(=O)c1ccccc1N1Cc2cn(Cc3ccc(F)cc3)nc2C1. The van der Waals surface area contributed by atoms with Gasteiger partial charge in [-0.15, -0.1) is 0 Å². The molecule has 0 N–H and O–H groups in total. The number of nitrogens with zero attached hydrogens (tertiary/aromatic N) is 4. The number of hydrogen-bond acceptors (Lipinski definition) is 3. The Labute approximate surface area is 157 Å². The fourth-order valence-electron chi connectivity index (χ4n) is 3.41. The van der Waals surface area contributed by atoms with Gasteiger partial charge in [0, 0.05) is 32.4 Å². The van der Waals surface area contributed by atoms with Gasteiger partial charge < -0.3 is 9.80 Å². The average molecular weight is 364 g/mol. The third-order valence-electron chi connectivity index (χ3n) is 4.77. The van der Waals surface area contributed by atoms with Gasteiger partial charge in [-0.2, -0.15) is 5.10 Å². The Kier molecular flexibility index (Phi) is 4.39. The maximum absolute atomic E-state index is 13.0. The molecule has 1 aliphatic rings. The molecule has 1 aromatic heterocycles. The van der Waals surface area contributed by atoms with Crippen LogP contribution in [-0.2, 0) is 19.6 Å². The molecule has 27 heavy (non-hydrogen) atoms. The number of carbonyl (C=O) groups is 1. The highest BCUT2D eigenvalue weighted by molar-refractivity contribution is 5.99. The van der Waals surface area contributed by atoms with Crippen LogP contribution in [0.5, 0.6) is 0 Å². The lowest BCUT2D eigenvalue weighted by molar-refractivity contribution is 0.0828. The third kappa shape index (κ3) is 3.43. The molecule has 0 spiro atoms. The maximum atomic E-state index is 13.0. The highest BCUT2D eigenvalue weighted by Gasteiger charge is 2.26. The number of halogens is 1. The second-order valence-corrected chi connectivity index (χ2v) is 7.00. The van der Waals surface area contributed by atoms with Gasteiger partial charge in [-0.1, -0.05) is 24.3 Å². The van der Waals surface area contributed by atoms with Gasteiger partial charge in [-0.05, 0) is 29.8 Å². The zero-order valence-corrected chi connectivity index (χ0v) is 15.4. The van der Waals surface area contributed by atoms with E-state index in [2.05, 4.69) is 10.00 Å². The fraction of sp³-hybridized carbons (Fsp3) is 0.238. The van der Waals surface area contributed by atoms with Crippen molar-refractivity contribution < 1.29 is 9.18 Å². The van der Waals surface area contributed by atoms with Crippen LogP contribution in [-0.4, -0.2) is 34.7 Å². The molecular weight excluding hydrogens is 343 g/mol. The standard InChI is InChI=1S/C21H21FN4O/c1-24(2)21(27)18-5-3-4-6-20(18)25-12-16-13-26(23-19(16)14-25)11-15-7-9-17(22)10-8-15/h3-10,13H,11-12,14H2,1-2H3. The van der Waals surface area contributed by atoms with Crippen molar-refractivity contribution in [3.05, 3.63) is 82.9 Å². The Morgan fingerprint density at radius 3 is 2.56 bits per heavy atom. The van der Waals surface area contributed by atoms with Crippen molar-refractivity contribution in [3.8, 4) is 0 Å². The van der Waals surface area contributed by atoms with E-state index in [1.165, 1.54) is 12.1 Å². The Hall–Kier alpha value is -3.15. The first kappa shape index (κ1) is 17.3. The van der Waals surface area contributed by atoms with Crippen LogP contribution in [0, 0.1) is 5.82 Å². The first-order chi connectivity index (χ1) is 13.0. The first-order valence-electron chi connectivity index (χ1n) is 8.86. The normalized spacial score (nSPS) is 12.9. The van der Waals surface area contributed by atoms with E-state index in [1.807, 2.05) is 35.1 Å². The molecule has 0 saturated carbocycles. The van der Waals surface area contributed by atoms with E-state index in [1.54, 1.807) is 31.1 Å². The first-order valence-corrected chi connectivity index (χ1v) is 8.86. The van der Waals surface area contributed by atoms with Crippen LogP contribution in [0.1, 0.15) is 27.2 Å². The van der Waals surface area contributed by atoms with E-state index in [0.29, 0.717) is 18.7 Å². The van der Waals surface area contributed by atoms with Crippen LogP contribution < -0.4 is 4.90 Å². The number of carbonyl (C=O) groups excluding carboxylic acids is 1. The molecule has 0 atom stereocenters. The highest BCUT2D eigenvalue weighted by Crippen LogP contribution is 2.30. The quantitative estimate of drug-likeness (QED) is 0.713. The van der Waals surface area contributed by atoms with Crippen molar-refractivity contribution >= 4 is 11.6 Å². The van der Waals surface area contributed by atoms with Crippen molar-refractivity contribution in [2.24, 2.45) is 0 Å². The summed E-state index contributed by atoms with van der Waals surface area (Å²) in [4.78, 5) is 16.2. The summed E-state index contributed by atoms with van der Waals surface area (Å²) in [6, 6.07) is 14.2. The Balaban J connectivity index is 1.52. The predicted octanol–water partition coefficient (Wildman–Crippen LogP) is 3.29. The topological polar surface area (TPSA) is 41.4 Å². The van der Waals surface area contributed by atoms with Crippen LogP contribution in [0.15, 0.2) is 54.7 Å². The number of rotatable bonds is 4. The second kappa shape index (κ2) is 6.87. The molecule has 1 amide bonds. The molecular formula is C21H21FN4O. The van der Waals surface area contributed by atoms with Gasteiger partial charge in [0.15, 0.2) is 0 Å². The molecule has 6 heteroatoms. The summed E-state index contributed by atoms with van der Waals surface area (Å²) < 4.78 is 14.9. The van der Waals surface area contributed by atoms with Gasteiger partial charge in [0.25, 0.3) is 5.91 Å². The van der Waals surface area contributed by atoms with Crippen molar-refractivity contribution in [1.82, 2.24) is 14.7 Å². The van der Waals surface area contributed by atoms with E-state index in [4.69, 9.17) is 0 Å². The third-order valence-corrected chi connectivity index (χ3v) is 4.77. The zero-order chi connectivity index (χ0) is 19.0. The molecule has 2 aromatic carbocycles. The molecule has 2 heterocycles. The van der Waals surface area contributed by atoms with E-state index in [-0.39, 0.29) is 11.7 Å². The van der Waals surface area contributed by atoms with E-state index in [0.717, 1.165) is 29.1 Å². The number of hydrogen-bond donors (Lipinski definition) is 0. The Bertz CT molecular complexity index is 955. The summed E-state index contributed by atoms with van der Waals surface area (Å²) in [5.41, 5.74) is 4.82. The molecule has 0 saturated heterocycles. The van der Waals surface area contributed by atoms with Gasteiger partial charge in [0.05, 0.1) is 30.0 Å². The number of amides is 1. The van der Waals surface area contributed by atoms with Gasteiger partial charge in [0.1, 0.15) is 5.82 Å². The Morgan fingerprint density at radius 2 is 1.85 bits per heavy atom. The van der Waals surface area contributed by atoms with Crippen LogP contribution in [0.4, 0.5) is 10.1 Å². The lowest BCUT2D eigenvalue weighted by Gasteiger charge is -2.22. The monoisotopic (exact) mass is 364 g/mol. The molecule has 0 fully saturated rings. The molecule has 5 nitrogen and oxygen atoms in total. The maximum Gasteiger partial charge on any atom is 0.255 e. The number of benzene rings is 2. The molecule has 0 unspecified atom stereocenters. The molecule has 0 aliphatic carbocycles. The average Bonchev–Trinajstić information content (AvgIpc) is 3.21. The number of anilines is 1. The minimum atomic E-state index is -0.233. The van der Waals surface area contributed by atoms with Crippen molar-refractivity contribution in [2.45, 2.75) is 19.6 Å². The van der Waals surface area contributed by atoms with Crippen LogP contribution >= 0.6 is 0 Å². The second-order valence-electron chi connectivity index (χ2n) is 7.00. The largest absolute Gasteiger partial charge is 0.360 e. The molecule has 3 aromatic rings. The van der Waals surface area contributed by atoms with E-state index >= 15 is 0 Å². The summed E-state index contributed by atoms with van der Waals surface area (Å²) in [5, 5.41) is 4.68. The highest BCUT2D eigenvalue weighted by atomic mass is 19.1. The summed E-state index contributed by atoms with van der Waals surface area (Å²) in [6.45, 7) is 2.00. The van der Waals surface area contributed by atoms with Crippen LogP contribution in [0.2, 0.25) is 0 Å². The lowest BCUT2D eigenvalue weighted by atomic mass is 10.1. The van der Waals surface area contributed by atoms with Gasteiger partial charge in [-0.3, -0.25) is 9.48 Å². The van der Waals surface area contributed by atoms with Gasteiger partial charge >= 0.3 is 0 Å². The van der Waals surface area contributed by atoms with Crippen LogP contribution in [0.25, 0.3) is 0 Å². The van der Waals surface area contributed by atoms with Crippen molar-refractivity contribution in [2.75, 3.05) is 19.0 Å². The smallest absolute Gasteiger partial charge is 0.255 e. The zero-order valence-electron chi connectivity index (χ0n) is 15.4. The van der Waals surface area contributed by atoms with Gasteiger partial charge in [-0.25, -0.2) is 4.39 Å². The molecule has 0 radical (unpaired) electrons. The van der Waals surface area contributed by atoms with Crippen molar-refractivity contribution in [3.63, 3.8) is 0 Å². The van der Waals surface area contributed by atoms with Gasteiger partial charge in [0.2, 0.25) is 0 Å². The van der Waals surface area contributed by atoms with E-state index in [9.17, 15) is 9.18 Å². The minimum absolute atomic E-state index is 0.00323. The summed E-state index contributed by atoms with van der Waals surface area (Å²) in [6.07, 6.45) is 2.04. The summed E-state index contributed by atoms with van der Waals surface area (Å²) >= 11 is 0. The minimum Gasteiger partial charge on any atom is -0.360 e. The van der Waals surface area contributed by atoms with Crippen molar-refractivity contribution in [1.29, 1.82) is 0 Å². The predicted molar refractivity (Wildman–Crippen MR) is 102 cm³/mol. The van der Waals surface area contributed by atoms with Crippen LogP contribution in [0.3, 0.4) is 0 Å². The molecule has 4 rings (SSSR count).